The van der Waals surface area contributed by atoms with Crippen molar-refractivity contribution in [1.29, 1.82) is 0 Å². The highest BCUT2D eigenvalue weighted by Crippen LogP contribution is 2.29. The quantitative estimate of drug-likeness (QED) is 0.776. The van der Waals surface area contributed by atoms with E-state index in [9.17, 15) is 10.2 Å². The van der Waals surface area contributed by atoms with Gasteiger partial charge in [0.05, 0.1) is 0 Å². The first-order chi connectivity index (χ1) is 6.54. The normalized spacial score (nSPS) is 10.9. The monoisotopic (exact) mass is 194 g/mol. The first kappa shape index (κ1) is 10.9. The van der Waals surface area contributed by atoms with Gasteiger partial charge in [-0.25, -0.2) is 0 Å². The van der Waals surface area contributed by atoms with E-state index < -0.39 is 0 Å². The maximum absolute atomic E-state index is 9.60. The molecule has 2 N–H and O–H groups in total. The minimum absolute atomic E-state index is 0.192. The average molecular weight is 194 g/mol. The van der Waals surface area contributed by atoms with Gasteiger partial charge in [-0.2, -0.15) is 0 Å². The summed E-state index contributed by atoms with van der Waals surface area (Å²) in [5.74, 6) is 0.904. The van der Waals surface area contributed by atoms with Crippen molar-refractivity contribution < 1.29 is 10.2 Å². The molecule has 1 aromatic carbocycles. The van der Waals surface area contributed by atoms with E-state index in [1.165, 1.54) is 6.07 Å². The Kier molecular flexibility index (Phi) is 3.39. The third-order valence-electron chi connectivity index (χ3n) is 2.29. The van der Waals surface area contributed by atoms with Crippen LogP contribution >= 0.6 is 0 Å². The topological polar surface area (TPSA) is 40.5 Å². The summed E-state index contributed by atoms with van der Waals surface area (Å²) in [6, 6.07) is 3.33. The van der Waals surface area contributed by atoms with Gasteiger partial charge in [0.2, 0.25) is 0 Å². The molecule has 0 aliphatic rings. The summed E-state index contributed by atoms with van der Waals surface area (Å²) in [5.41, 5.74) is 1.83. The molecule has 0 saturated carbocycles. The number of aryl methyl sites for hydroxylation is 1. The third-order valence-corrected chi connectivity index (χ3v) is 2.29. The van der Waals surface area contributed by atoms with Crippen LogP contribution in [0.15, 0.2) is 12.1 Å². The van der Waals surface area contributed by atoms with Gasteiger partial charge in [0.25, 0.3) is 0 Å². The van der Waals surface area contributed by atoms with Crippen LogP contribution in [0.3, 0.4) is 0 Å². The van der Waals surface area contributed by atoms with Crippen LogP contribution in [-0.4, -0.2) is 10.2 Å². The Hall–Kier alpha value is -1.18. The van der Waals surface area contributed by atoms with Crippen LogP contribution in [0.1, 0.15) is 31.9 Å². The second kappa shape index (κ2) is 4.36. The van der Waals surface area contributed by atoms with Gasteiger partial charge in [-0.1, -0.05) is 20.8 Å². The van der Waals surface area contributed by atoms with Crippen molar-refractivity contribution in [2.75, 3.05) is 0 Å². The molecule has 0 atom stereocenters. The lowest BCUT2D eigenvalue weighted by Crippen LogP contribution is -1.96. The van der Waals surface area contributed by atoms with Crippen molar-refractivity contribution in [2.45, 2.75) is 33.6 Å². The van der Waals surface area contributed by atoms with Crippen LogP contribution < -0.4 is 0 Å². The van der Waals surface area contributed by atoms with Crippen LogP contribution in [0.25, 0.3) is 0 Å². The van der Waals surface area contributed by atoms with Gasteiger partial charge >= 0.3 is 0 Å². The number of aromatic hydroxyl groups is 2. The number of phenols is 2. The molecule has 0 saturated heterocycles. The van der Waals surface area contributed by atoms with Gasteiger partial charge in [-0.3, -0.25) is 0 Å². The molecule has 0 radical (unpaired) electrons. The summed E-state index contributed by atoms with van der Waals surface area (Å²) in [5, 5.41) is 19.1. The van der Waals surface area contributed by atoms with Crippen LogP contribution in [-0.2, 0) is 12.8 Å². The summed E-state index contributed by atoms with van der Waals surface area (Å²) >= 11 is 0. The molecular formula is C12H18O2. The van der Waals surface area contributed by atoms with E-state index in [2.05, 4.69) is 13.8 Å². The second-order valence-electron chi connectivity index (χ2n) is 4.06. The minimum Gasteiger partial charge on any atom is -0.508 e. The van der Waals surface area contributed by atoms with Gasteiger partial charge in [-0.15, -0.1) is 0 Å². The molecule has 0 aromatic heterocycles. The summed E-state index contributed by atoms with van der Waals surface area (Å²) < 4.78 is 0. The Morgan fingerprint density at radius 1 is 1.07 bits per heavy atom. The molecular weight excluding hydrogens is 176 g/mol. The van der Waals surface area contributed by atoms with E-state index in [0.717, 1.165) is 24.0 Å². The molecule has 14 heavy (non-hydrogen) atoms. The van der Waals surface area contributed by atoms with Gasteiger partial charge in [0, 0.05) is 6.07 Å². The average Bonchev–Trinajstić information content (AvgIpc) is 2.09. The van der Waals surface area contributed by atoms with Gasteiger partial charge < -0.3 is 10.2 Å². The summed E-state index contributed by atoms with van der Waals surface area (Å²) in [6.45, 7) is 6.21. The van der Waals surface area contributed by atoms with E-state index in [1.807, 2.05) is 13.0 Å². The highest BCUT2D eigenvalue weighted by atomic mass is 16.3. The van der Waals surface area contributed by atoms with Crippen molar-refractivity contribution in [3.63, 3.8) is 0 Å². The second-order valence-corrected chi connectivity index (χ2v) is 4.06. The summed E-state index contributed by atoms with van der Waals surface area (Å²) in [7, 11) is 0. The van der Waals surface area contributed by atoms with Crippen molar-refractivity contribution >= 4 is 0 Å². The lowest BCUT2D eigenvalue weighted by atomic mass is 9.98. The molecule has 0 unspecified atom stereocenters. The first-order valence-electron chi connectivity index (χ1n) is 5.08. The Labute approximate surface area is 85.2 Å². The number of hydrogen-bond acceptors (Lipinski definition) is 2. The number of rotatable bonds is 3. The zero-order valence-corrected chi connectivity index (χ0v) is 9.04. The fourth-order valence-corrected chi connectivity index (χ4v) is 1.56. The van der Waals surface area contributed by atoms with E-state index in [-0.39, 0.29) is 11.5 Å². The molecule has 1 aromatic rings. The van der Waals surface area contributed by atoms with Crippen LogP contribution in [0, 0.1) is 5.92 Å². The highest BCUT2D eigenvalue weighted by molar-refractivity contribution is 5.45. The molecule has 0 spiro atoms. The molecule has 0 fully saturated rings. The largest absolute Gasteiger partial charge is 0.508 e. The fourth-order valence-electron chi connectivity index (χ4n) is 1.56. The predicted octanol–water partition coefficient (Wildman–Crippen LogP) is 2.86. The smallest absolute Gasteiger partial charge is 0.122 e. The molecule has 0 aliphatic heterocycles. The van der Waals surface area contributed by atoms with Crippen molar-refractivity contribution in [3.05, 3.63) is 23.3 Å². The van der Waals surface area contributed by atoms with Gasteiger partial charge in [0.15, 0.2) is 0 Å². The summed E-state index contributed by atoms with van der Waals surface area (Å²) in [4.78, 5) is 0. The highest BCUT2D eigenvalue weighted by Gasteiger charge is 2.08. The Bertz CT molecular complexity index is 316. The van der Waals surface area contributed by atoms with Crippen LogP contribution in [0.4, 0.5) is 0 Å². The molecule has 0 heterocycles. The van der Waals surface area contributed by atoms with Gasteiger partial charge in [-0.05, 0) is 36.0 Å². The molecule has 0 amide bonds. The standard InChI is InChI=1S/C12H18O2/c1-4-9-6-10(5-8(2)3)12(14)7-11(9)13/h6-8,13-14H,4-5H2,1-3H3. The molecule has 2 heteroatoms. The maximum Gasteiger partial charge on any atom is 0.122 e. The first-order valence-corrected chi connectivity index (χ1v) is 5.08. The third kappa shape index (κ3) is 2.41. The van der Waals surface area contributed by atoms with Crippen LogP contribution in [0.2, 0.25) is 0 Å². The van der Waals surface area contributed by atoms with Crippen molar-refractivity contribution in [2.24, 2.45) is 5.92 Å². The maximum atomic E-state index is 9.60. The molecule has 0 aliphatic carbocycles. The molecule has 78 valence electrons. The lowest BCUT2D eigenvalue weighted by molar-refractivity contribution is 0.439. The number of benzene rings is 1. The zero-order chi connectivity index (χ0) is 10.7. The molecule has 2 nitrogen and oxygen atoms in total. The van der Waals surface area contributed by atoms with E-state index in [0.29, 0.717) is 5.92 Å². The van der Waals surface area contributed by atoms with E-state index in [1.54, 1.807) is 0 Å². The minimum atomic E-state index is 0.192. The Morgan fingerprint density at radius 2 is 1.64 bits per heavy atom. The summed E-state index contributed by atoms with van der Waals surface area (Å²) in [6.07, 6.45) is 1.64. The number of phenolic OH excluding ortho intramolecular Hbond substituents is 2. The Balaban J connectivity index is 3.04. The van der Waals surface area contributed by atoms with Crippen molar-refractivity contribution in [3.8, 4) is 11.5 Å². The van der Waals surface area contributed by atoms with E-state index >= 15 is 0 Å². The SMILES string of the molecule is CCc1cc(CC(C)C)c(O)cc1O. The number of hydrogen-bond donors (Lipinski definition) is 2. The van der Waals surface area contributed by atoms with Crippen LogP contribution in [0.5, 0.6) is 11.5 Å². The lowest BCUT2D eigenvalue weighted by Gasteiger charge is -2.10. The fraction of sp³-hybridized carbons (Fsp3) is 0.500. The van der Waals surface area contributed by atoms with E-state index in [4.69, 9.17) is 0 Å². The predicted molar refractivity (Wildman–Crippen MR) is 57.7 cm³/mol. The zero-order valence-electron chi connectivity index (χ0n) is 9.04. The van der Waals surface area contributed by atoms with Crippen molar-refractivity contribution in [1.82, 2.24) is 0 Å². The Morgan fingerprint density at radius 3 is 2.14 bits per heavy atom. The molecule has 1 rings (SSSR count). The molecule has 0 bridgehead atoms. The van der Waals surface area contributed by atoms with Gasteiger partial charge in [0.1, 0.15) is 11.5 Å².